The molecule has 0 aromatic heterocycles. The highest BCUT2D eigenvalue weighted by Crippen LogP contribution is 2.15. The number of aliphatic carboxylic acids is 1. The summed E-state index contributed by atoms with van der Waals surface area (Å²) in [4.78, 5) is 33.4. The molecule has 0 saturated heterocycles. The van der Waals surface area contributed by atoms with E-state index in [4.69, 9.17) is 9.84 Å². The number of carboxylic acid groups (broad SMARTS) is 1. The van der Waals surface area contributed by atoms with Gasteiger partial charge < -0.3 is 15.2 Å². The lowest BCUT2D eigenvalue weighted by Gasteiger charge is -2.11. The molecule has 0 heterocycles. The standard InChI is InChI=1S/C13H15NO5/c1-8(15)10-5-3-4-6-11(10)14-12(16)7-19-9(2)13(17)18/h3-6,9H,7H2,1-2H3,(H,14,16)(H,17,18). The first-order valence-corrected chi connectivity index (χ1v) is 5.66. The third-order valence-corrected chi connectivity index (χ3v) is 2.39. The van der Waals surface area contributed by atoms with Crippen LogP contribution in [0.4, 0.5) is 5.69 Å². The molecule has 0 aliphatic heterocycles. The number of rotatable bonds is 6. The fourth-order valence-corrected chi connectivity index (χ4v) is 1.36. The van der Waals surface area contributed by atoms with E-state index in [0.717, 1.165) is 0 Å². The number of hydrogen-bond donors (Lipinski definition) is 2. The van der Waals surface area contributed by atoms with Crippen molar-refractivity contribution in [2.75, 3.05) is 11.9 Å². The summed E-state index contributed by atoms with van der Waals surface area (Å²) in [6.45, 7) is 2.34. The summed E-state index contributed by atoms with van der Waals surface area (Å²) in [5, 5.41) is 11.1. The average Bonchev–Trinajstić information content (AvgIpc) is 2.36. The molecule has 1 aromatic rings. The molecule has 1 atom stereocenters. The number of carbonyl (C=O) groups excluding carboxylic acids is 2. The van der Waals surface area contributed by atoms with Crippen molar-refractivity contribution >= 4 is 23.3 Å². The second-order valence-electron chi connectivity index (χ2n) is 3.94. The minimum Gasteiger partial charge on any atom is -0.479 e. The maximum absolute atomic E-state index is 11.6. The van der Waals surface area contributed by atoms with E-state index in [0.29, 0.717) is 11.3 Å². The summed E-state index contributed by atoms with van der Waals surface area (Å²) >= 11 is 0. The highest BCUT2D eigenvalue weighted by atomic mass is 16.5. The number of nitrogens with one attached hydrogen (secondary N) is 1. The predicted octanol–water partition coefficient (Wildman–Crippen LogP) is 1.32. The molecule has 6 nitrogen and oxygen atoms in total. The van der Waals surface area contributed by atoms with Crippen LogP contribution in [0.3, 0.4) is 0 Å². The van der Waals surface area contributed by atoms with Gasteiger partial charge in [-0.1, -0.05) is 12.1 Å². The Morgan fingerprint density at radius 3 is 2.53 bits per heavy atom. The zero-order valence-electron chi connectivity index (χ0n) is 10.7. The van der Waals surface area contributed by atoms with Crippen LogP contribution in [-0.2, 0) is 14.3 Å². The van der Waals surface area contributed by atoms with Crippen LogP contribution in [0.25, 0.3) is 0 Å². The molecular weight excluding hydrogens is 250 g/mol. The molecule has 102 valence electrons. The van der Waals surface area contributed by atoms with Crippen LogP contribution >= 0.6 is 0 Å². The van der Waals surface area contributed by atoms with Gasteiger partial charge in [-0.2, -0.15) is 0 Å². The zero-order chi connectivity index (χ0) is 14.4. The van der Waals surface area contributed by atoms with Gasteiger partial charge in [0, 0.05) is 5.56 Å². The lowest BCUT2D eigenvalue weighted by molar-refractivity contribution is -0.150. The van der Waals surface area contributed by atoms with Crippen LogP contribution in [0.1, 0.15) is 24.2 Å². The number of para-hydroxylation sites is 1. The van der Waals surface area contributed by atoms with E-state index in [-0.39, 0.29) is 12.4 Å². The number of ketones is 1. The number of carboxylic acids is 1. The lowest BCUT2D eigenvalue weighted by Crippen LogP contribution is -2.26. The molecule has 0 aliphatic rings. The SMILES string of the molecule is CC(=O)c1ccccc1NC(=O)COC(C)C(=O)O. The minimum atomic E-state index is -1.14. The van der Waals surface area contributed by atoms with Crippen molar-refractivity contribution in [3.63, 3.8) is 0 Å². The van der Waals surface area contributed by atoms with Gasteiger partial charge in [0.25, 0.3) is 0 Å². The summed E-state index contributed by atoms with van der Waals surface area (Å²) in [7, 11) is 0. The Morgan fingerprint density at radius 2 is 1.95 bits per heavy atom. The topological polar surface area (TPSA) is 92.7 Å². The summed E-state index contributed by atoms with van der Waals surface area (Å²) in [5.74, 6) is -1.82. The summed E-state index contributed by atoms with van der Waals surface area (Å²) < 4.78 is 4.84. The summed E-state index contributed by atoms with van der Waals surface area (Å²) in [6.07, 6.45) is -1.06. The largest absolute Gasteiger partial charge is 0.479 e. The Labute approximate surface area is 110 Å². The van der Waals surface area contributed by atoms with Gasteiger partial charge in [0.1, 0.15) is 6.61 Å². The smallest absolute Gasteiger partial charge is 0.332 e. The Hall–Kier alpha value is -2.21. The number of amides is 1. The Morgan fingerprint density at radius 1 is 1.32 bits per heavy atom. The molecule has 1 aromatic carbocycles. The van der Waals surface area contributed by atoms with E-state index in [1.54, 1.807) is 24.3 Å². The number of carbonyl (C=O) groups is 3. The van der Waals surface area contributed by atoms with Gasteiger partial charge in [-0.3, -0.25) is 9.59 Å². The first-order chi connectivity index (χ1) is 8.91. The van der Waals surface area contributed by atoms with E-state index < -0.39 is 18.0 Å². The molecule has 1 amide bonds. The number of Topliss-reactive ketones (excluding diaryl/α,β-unsaturated/α-hetero) is 1. The summed E-state index contributed by atoms with van der Waals surface area (Å²) in [6, 6.07) is 6.56. The van der Waals surface area contributed by atoms with Gasteiger partial charge in [-0.25, -0.2) is 4.79 Å². The number of anilines is 1. The van der Waals surface area contributed by atoms with Crippen molar-refractivity contribution in [2.24, 2.45) is 0 Å². The number of hydrogen-bond acceptors (Lipinski definition) is 4. The quantitative estimate of drug-likeness (QED) is 0.757. The monoisotopic (exact) mass is 265 g/mol. The van der Waals surface area contributed by atoms with Gasteiger partial charge in [0.2, 0.25) is 5.91 Å². The molecule has 19 heavy (non-hydrogen) atoms. The molecule has 0 spiro atoms. The normalized spacial score (nSPS) is 11.7. The second kappa shape index (κ2) is 6.65. The predicted molar refractivity (Wildman–Crippen MR) is 68.1 cm³/mol. The Balaban J connectivity index is 2.63. The van der Waals surface area contributed by atoms with Gasteiger partial charge in [-0.05, 0) is 26.0 Å². The molecule has 1 rings (SSSR count). The summed E-state index contributed by atoms with van der Waals surface area (Å²) in [5.41, 5.74) is 0.772. The van der Waals surface area contributed by atoms with Crippen molar-refractivity contribution in [2.45, 2.75) is 20.0 Å². The van der Waals surface area contributed by atoms with E-state index in [2.05, 4.69) is 5.32 Å². The Bertz CT molecular complexity index is 498. The highest BCUT2D eigenvalue weighted by molar-refractivity contribution is 6.03. The van der Waals surface area contributed by atoms with Crippen LogP contribution in [0.5, 0.6) is 0 Å². The van der Waals surface area contributed by atoms with E-state index in [9.17, 15) is 14.4 Å². The first kappa shape index (κ1) is 14.8. The van der Waals surface area contributed by atoms with Gasteiger partial charge in [-0.15, -0.1) is 0 Å². The lowest BCUT2D eigenvalue weighted by atomic mass is 10.1. The molecule has 6 heteroatoms. The second-order valence-corrected chi connectivity index (χ2v) is 3.94. The maximum atomic E-state index is 11.6. The molecule has 1 unspecified atom stereocenters. The van der Waals surface area contributed by atoms with Crippen LogP contribution in [0.2, 0.25) is 0 Å². The van der Waals surface area contributed by atoms with E-state index in [1.807, 2.05) is 0 Å². The number of benzene rings is 1. The third kappa shape index (κ3) is 4.51. The molecule has 0 fully saturated rings. The van der Waals surface area contributed by atoms with Gasteiger partial charge >= 0.3 is 5.97 Å². The zero-order valence-corrected chi connectivity index (χ0v) is 10.7. The van der Waals surface area contributed by atoms with Gasteiger partial charge in [0.05, 0.1) is 5.69 Å². The van der Waals surface area contributed by atoms with Crippen LogP contribution in [-0.4, -0.2) is 35.5 Å². The maximum Gasteiger partial charge on any atom is 0.332 e. The molecular formula is C13H15NO5. The van der Waals surface area contributed by atoms with Gasteiger partial charge in [0.15, 0.2) is 11.9 Å². The van der Waals surface area contributed by atoms with Crippen molar-refractivity contribution in [1.29, 1.82) is 0 Å². The van der Waals surface area contributed by atoms with Crippen LogP contribution in [0, 0.1) is 0 Å². The van der Waals surface area contributed by atoms with E-state index in [1.165, 1.54) is 13.8 Å². The number of ether oxygens (including phenoxy) is 1. The molecule has 0 radical (unpaired) electrons. The molecule has 0 saturated carbocycles. The minimum absolute atomic E-state index is 0.171. The molecule has 2 N–H and O–H groups in total. The Kier molecular flexibility index (Phi) is 5.20. The van der Waals surface area contributed by atoms with E-state index >= 15 is 0 Å². The first-order valence-electron chi connectivity index (χ1n) is 5.66. The molecule has 0 aliphatic carbocycles. The van der Waals surface area contributed by atoms with Crippen molar-refractivity contribution in [3.05, 3.63) is 29.8 Å². The van der Waals surface area contributed by atoms with Crippen molar-refractivity contribution in [3.8, 4) is 0 Å². The fraction of sp³-hybridized carbons (Fsp3) is 0.308. The van der Waals surface area contributed by atoms with Crippen molar-refractivity contribution < 1.29 is 24.2 Å². The molecule has 0 bridgehead atoms. The fourth-order valence-electron chi connectivity index (χ4n) is 1.36. The van der Waals surface area contributed by atoms with Crippen LogP contribution in [0.15, 0.2) is 24.3 Å². The van der Waals surface area contributed by atoms with Crippen molar-refractivity contribution in [1.82, 2.24) is 0 Å². The average molecular weight is 265 g/mol. The third-order valence-electron chi connectivity index (χ3n) is 2.39. The highest BCUT2D eigenvalue weighted by Gasteiger charge is 2.14. The van der Waals surface area contributed by atoms with Crippen LogP contribution < -0.4 is 5.32 Å².